The van der Waals surface area contributed by atoms with Crippen molar-refractivity contribution in [3.05, 3.63) is 18.0 Å². The van der Waals surface area contributed by atoms with Gasteiger partial charge in [0.2, 0.25) is 10.0 Å². The average molecular weight is 301 g/mol. The molecule has 0 radical (unpaired) electrons. The van der Waals surface area contributed by atoms with E-state index in [1.165, 1.54) is 12.3 Å². The Kier molecular flexibility index (Phi) is 4.46. The van der Waals surface area contributed by atoms with Crippen LogP contribution in [0.2, 0.25) is 0 Å². The molecule has 7 nitrogen and oxygen atoms in total. The standard InChI is InChI=1S/C12H19N3O4S/c1-2-19-6-5-14-12(16)11-7-10(20(13,17)18)8-15(11)9-3-4-9/h7-9H,2-6H2,1H3,(H,14,16)(H2,13,17,18). The van der Waals surface area contributed by atoms with Crippen molar-refractivity contribution in [1.82, 2.24) is 9.88 Å². The first-order valence-corrected chi connectivity index (χ1v) is 8.08. The number of aromatic nitrogens is 1. The molecule has 1 aliphatic carbocycles. The van der Waals surface area contributed by atoms with Crippen molar-refractivity contribution in [2.45, 2.75) is 30.7 Å². The van der Waals surface area contributed by atoms with Crippen molar-refractivity contribution in [1.29, 1.82) is 0 Å². The monoisotopic (exact) mass is 301 g/mol. The first-order valence-electron chi connectivity index (χ1n) is 6.54. The summed E-state index contributed by atoms with van der Waals surface area (Å²) in [6, 6.07) is 1.52. The van der Waals surface area contributed by atoms with Crippen LogP contribution in [0.5, 0.6) is 0 Å². The Balaban J connectivity index is 2.13. The zero-order valence-corrected chi connectivity index (χ0v) is 12.1. The summed E-state index contributed by atoms with van der Waals surface area (Å²) < 4.78 is 29.6. The molecule has 1 aromatic rings. The van der Waals surface area contributed by atoms with Crippen LogP contribution in [0.15, 0.2) is 17.2 Å². The Morgan fingerprint density at radius 1 is 1.55 bits per heavy atom. The summed E-state index contributed by atoms with van der Waals surface area (Å²) in [5, 5.41) is 7.81. The second kappa shape index (κ2) is 5.94. The average Bonchev–Trinajstić information content (AvgIpc) is 3.11. The van der Waals surface area contributed by atoms with Gasteiger partial charge >= 0.3 is 0 Å². The molecule has 1 aromatic heterocycles. The summed E-state index contributed by atoms with van der Waals surface area (Å²) >= 11 is 0. The molecule has 0 aliphatic heterocycles. The van der Waals surface area contributed by atoms with Gasteiger partial charge in [-0.3, -0.25) is 4.79 Å². The number of nitrogens with zero attached hydrogens (tertiary/aromatic N) is 1. The third kappa shape index (κ3) is 3.59. The number of carbonyl (C=O) groups is 1. The van der Waals surface area contributed by atoms with E-state index in [1.807, 2.05) is 6.92 Å². The lowest BCUT2D eigenvalue weighted by Crippen LogP contribution is -2.29. The fourth-order valence-electron chi connectivity index (χ4n) is 1.92. The van der Waals surface area contributed by atoms with Crippen LogP contribution < -0.4 is 10.5 Å². The predicted molar refractivity (Wildman–Crippen MR) is 72.9 cm³/mol. The summed E-state index contributed by atoms with van der Waals surface area (Å²) in [7, 11) is -3.80. The summed E-state index contributed by atoms with van der Waals surface area (Å²) in [4.78, 5) is 12.0. The highest BCUT2D eigenvalue weighted by atomic mass is 32.2. The number of sulfonamides is 1. The van der Waals surface area contributed by atoms with E-state index in [9.17, 15) is 13.2 Å². The molecule has 0 unspecified atom stereocenters. The summed E-state index contributed by atoms with van der Waals surface area (Å²) in [5.74, 6) is -0.313. The second-order valence-electron chi connectivity index (χ2n) is 4.70. The maximum Gasteiger partial charge on any atom is 0.268 e. The van der Waals surface area contributed by atoms with Crippen LogP contribution in [0.3, 0.4) is 0 Å². The highest BCUT2D eigenvalue weighted by molar-refractivity contribution is 7.89. The highest BCUT2D eigenvalue weighted by Gasteiger charge is 2.29. The van der Waals surface area contributed by atoms with Crippen molar-refractivity contribution in [2.75, 3.05) is 19.8 Å². The molecule has 0 aromatic carbocycles. The lowest BCUT2D eigenvalue weighted by atomic mass is 10.4. The number of primary sulfonamides is 1. The van der Waals surface area contributed by atoms with E-state index in [0.29, 0.717) is 25.5 Å². The fraction of sp³-hybridized carbons (Fsp3) is 0.583. The van der Waals surface area contributed by atoms with Crippen molar-refractivity contribution < 1.29 is 17.9 Å². The second-order valence-corrected chi connectivity index (χ2v) is 6.26. The van der Waals surface area contributed by atoms with Crippen molar-refractivity contribution in [3.8, 4) is 0 Å². The smallest absolute Gasteiger partial charge is 0.268 e. The van der Waals surface area contributed by atoms with Crippen LogP contribution in [-0.4, -0.2) is 38.7 Å². The molecule has 20 heavy (non-hydrogen) atoms. The van der Waals surface area contributed by atoms with Crippen LogP contribution in [0.4, 0.5) is 0 Å². The number of nitrogens with two attached hydrogens (primary N) is 1. The molecule has 0 spiro atoms. The molecule has 0 atom stereocenters. The first-order chi connectivity index (χ1) is 9.43. The molecular formula is C12H19N3O4S. The van der Waals surface area contributed by atoms with Gasteiger partial charge in [-0.1, -0.05) is 0 Å². The van der Waals surface area contributed by atoms with Gasteiger partial charge in [0, 0.05) is 25.4 Å². The van der Waals surface area contributed by atoms with Crippen molar-refractivity contribution >= 4 is 15.9 Å². The van der Waals surface area contributed by atoms with Crippen LogP contribution >= 0.6 is 0 Å². The Bertz CT molecular complexity index is 590. The maximum absolute atomic E-state index is 12.1. The normalized spacial score (nSPS) is 15.3. The number of rotatable bonds is 7. The van der Waals surface area contributed by atoms with Crippen molar-refractivity contribution in [2.24, 2.45) is 5.14 Å². The van der Waals surface area contributed by atoms with Crippen LogP contribution in [0, 0.1) is 0 Å². The lowest BCUT2D eigenvalue weighted by molar-refractivity contribution is 0.0913. The highest BCUT2D eigenvalue weighted by Crippen LogP contribution is 2.37. The Labute approximate surface area is 118 Å². The Morgan fingerprint density at radius 2 is 2.25 bits per heavy atom. The minimum Gasteiger partial charge on any atom is -0.380 e. The zero-order chi connectivity index (χ0) is 14.8. The number of amides is 1. The quantitative estimate of drug-likeness (QED) is 0.704. The SMILES string of the molecule is CCOCCNC(=O)c1cc(S(N)(=O)=O)cn1C1CC1. The van der Waals surface area contributed by atoms with Gasteiger partial charge in [0.15, 0.2) is 0 Å². The number of hydrogen-bond donors (Lipinski definition) is 2. The van der Waals surface area contributed by atoms with E-state index >= 15 is 0 Å². The van der Waals surface area contributed by atoms with Crippen LogP contribution in [-0.2, 0) is 14.8 Å². The molecule has 3 N–H and O–H groups in total. The molecule has 1 amide bonds. The molecule has 112 valence electrons. The van der Waals surface area contributed by atoms with E-state index in [0.717, 1.165) is 12.8 Å². The van der Waals surface area contributed by atoms with Gasteiger partial charge in [-0.25, -0.2) is 13.6 Å². The molecule has 1 heterocycles. The topological polar surface area (TPSA) is 103 Å². The number of ether oxygens (including phenoxy) is 1. The van der Waals surface area contributed by atoms with Crippen molar-refractivity contribution in [3.63, 3.8) is 0 Å². The van der Waals surface area contributed by atoms with Gasteiger partial charge in [-0.15, -0.1) is 0 Å². The maximum atomic E-state index is 12.1. The number of carbonyl (C=O) groups excluding carboxylic acids is 1. The van der Waals surface area contributed by atoms with E-state index in [1.54, 1.807) is 4.57 Å². The minimum atomic E-state index is -3.80. The number of nitrogens with one attached hydrogen (secondary N) is 1. The molecule has 1 fully saturated rings. The van der Waals surface area contributed by atoms with Crippen LogP contribution in [0.1, 0.15) is 36.3 Å². The molecule has 1 saturated carbocycles. The van der Waals surface area contributed by atoms with Gasteiger partial charge in [-0.2, -0.15) is 0 Å². The third-order valence-corrected chi connectivity index (χ3v) is 3.94. The van der Waals surface area contributed by atoms with Gasteiger partial charge < -0.3 is 14.6 Å². The van der Waals surface area contributed by atoms with Gasteiger partial charge in [-0.05, 0) is 25.8 Å². The van der Waals surface area contributed by atoms with Gasteiger partial charge in [0.1, 0.15) is 10.6 Å². The van der Waals surface area contributed by atoms with Gasteiger partial charge in [0.05, 0.1) is 6.61 Å². The summed E-state index contributed by atoms with van der Waals surface area (Å²) in [6.45, 7) is 3.27. The van der Waals surface area contributed by atoms with E-state index in [-0.39, 0.29) is 16.8 Å². The Morgan fingerprint density at radius 3 is 2.80 bits per heavy atom. The molecule has 2 rings (SSSR count). The van der Waals surface area contributed by atoms with E-state index < -0.39 is 10.0 Å². The predicted octanol–water partition coefficient (Wildman–Crippen LogP) is 0.237. The number of hydrogen-bond acceptors (Lipinski definition) is 4. The first kappa shape index (κ1) is 15.0. The molecule has 0 bridgehead atoms. The third-order valence-electron chi connectivity index (χ3n) is 3.06. The lowest BCUT2D eigenvalue weighted by Gasteiger charge is -2.08. The van der Waals surface area contributed by atoms with Gasteiger partial charge in [0.25, 0.3) is 5.91 Å². The molecule has 1 aliphatic rings. The molecule has 8 heteroatoms. The zero-order valence-electron chi connectivity index (χ0n) is 11.3. The minimum absolute atomic E-state index is 0.0284. The fourth-order valence-corrected chi connectivity index (χ4v) is 2.45. The summed E-state index contributed by atoms with van der Waals surface area (Å²) in [5.41, 5.74) is 0.327. The molecule has 0 saturated heterocycles. The summed E-state index contributed by atoms with van der Waals surface area (Å²) in [6.07, 6.45) is 3.32. The van der Waals surface area contributed by atoms with Crippen LogP contribution in [0.25, 0.3) is 0 Å². The van der Waals surface area contributed by atoms with E-state index in [4.69, 9.17) is 9.88 Å². The van der Waals surface area contributed by atoms with E-state index in [2.05, 4.69) is 5.32 Å². The largest absolute Gasteiger partial charge is 0.380 e. The Hall–Kier alpha value is -1.38. The molecular weight excluding hydrogens is 282 g/mol.